The monoisotopic (exact) mass is 412 g/mol. The highest BCUT2D eigenvalue weighted by molar-refractivity contribution is 7.91. The second-order valence-electron chi connectivity index (χ2n) is 6.21. The van der Waals surface area contributed by atoms with Crippen molar-refractivity contribution in [2.24, 2.45) is 22.2 Å². The zero-order valence-corrected chi connectivity index (χ0v) is 16.1. The number of ether oxygens (including phenoxy) is 2. The molecule has 0 aromatic carbocycles. The first-order valence-corrected chi connectivity index (χ1v) is 9.39. The average molecular weight is 412 g/mol. The maximum Gasteiger partial charge on any atom is 0.311 e. The van der Waals surface area contributed by atoms with Gasteiger partial charge in [0.15, 0.2) is 5.82 Å². The van der Waals surface area contributed by atoms with Crippen molar-refractivity contribution in [3.05, 3.63) is 36.2 Å². The highest BCUT2D eigenvalue weighted by Gasteiger charge is 2.67. The van der Waals surface area contributed by atoms with Gasteiger partial charge in [0, 0.05) is 5.41 Å². The SMILES string of the molecule is COc1cc(OC)nc(C(C(N)=O)(C2(C)C=CC=CC2C(=O)O)S(N)(=O)=O)n1. The van der Waals surface area contributed by atoms with E-state index in [0.29, 0.717) is 0 Å². The predicted molar refractivity (Wildman–Crippen MR) is 96.6 cm³/mol. The molecule has 12 heteroatoms. The summed E-state index contributed by atoms with van der Waals surface area (Å²) in [6.45, 7) is 1.23. The molecule has 1 heterocycles. The fourth-order valence-electron chi connectivity index (χ4n) is 3.37. The van der Waals surface area contributed by atoms with Crippen LogP contribution in [0.1, 0.15) is 12.7 Å². The van der Waals surface area contributed by atoms with Crippen LogP contribution in [0.15, 0.2) is 30.4 Å². The Kier molecular flexibility index (Phi) is 5.48. The second-order valence-corrected chi connectivity index (χ2v) is 7.91. The number of nitrogens with two attached hydrogens (primary N) is 2. The minimum Gasteiger partial charge on any atom is -0.481 e. The number of carbonyl (C=O) groups is 2. The molecule has 28 heavy (non-hydrogen) atoms. The molecule has 5 N–H and O–H groups in total. The normalized spacial score (nSPS) is 23.6. The maximum absolute atomic E-state index is 12.8. The number of primary sulfonamides is 1. The van der Waals surface area contributed by atoms with Gasteiger partial charge < -0.3 is 20.3 Å². The summed E-state index contributed by atoms with van der Waals surface area (Å²) in [6.07, 6.45) is 5.25. The molecule has 0 saturated heterocycles. The maximum atomic E-state index is 12.8. The van der Waals surface area contributed by atoms with Crippen molar-refractivity contribution in [3.8, 4) is 11.8 Å². The number of hydrogen-bond donors (Lipinski definition) is 3. The minimum atomic E-state index is -4.91. The Labute approximate surface area is 161 Å². The molecule has 152 valence electrons. The molecule has 0 bridgehead atoms. The van der Waals surface area contributed by atoms with Gasteiger partial charge in [-0.05, 0) is 0 Å². The first-order valence-electron chi connectivity index (χ1n) is 7.84. The first-order chi connectivity index (χ1) is 13.0. The summed E-state index contributed by atoms with van der Waals surface area (Å²) in [4.78, 5) is 32.5. The van der Waals surface area contributed by atoms with Gasteiger partial charge in [0.1, 0.15) is 0 Å². The zero-order chi connectivity index (χ0) is 21.3. The highest BCUT2D eigenvalue weighted by Crippen LogP contribution is 2.52. The summed E-state index contributed by atoms with van der Waals surface area (Å²) in [5.74, 6) is -5.26. The molecule has 0 spiro atoms. The Morgan fingerprint density at radius 2 is 1.75 bits per heavy atom. The molecule has 0 aliphatic heterocycles. The molecule has 1 amide bonds. The Morgan fingerprint density at radius 1 is 1.21 bits per heavy atom. The van der Waals surface area contributed by atoms with E-state index in [0.717, 1.165) is 0 Å². The number of methoxy groups -OCH3 is 2. The van der Waals surface area contributed by atoms with Gasteiger partial charge in [-0.15, -0.1) is 0 Å². The molecule has 1 aromatic rings. The number of primary amides is 1. The summed E-state index contributed by atoms with van der Waals surface area (Å²) in [6, 6.07) is 1.24. The van der Waals surface area contributed by atoms with Crippen LogP contribution in [-0.4, -0.2) is 49.6 Å². The molecule has 3 atom stereocenters. The Morgan fingerprint density at radius 3 is 2.14 bits per heavy atom. The molecule has 1 aromatic heterocycles. The summed E-state index contributed by atoms with van der Waals surface area (Å²) in [7, 11) is -2.41. The minimum absolute atomic E-state index is 0.137. The van der Waals surface area contributed by atoms with Crippen molar-refractivity contribution >= 4 is 21.9 Å². The lowest BCUT2D eigenvalue weighted by Crippen LogP contribution is -2.63. The van der Waals surface area contributed by atoms with E-state index in [1.54, 1.807) is 0 Å². The third-order valence-corrected chi connectivity index (χ3v) is 6.39. The van der Waals surface area contributed by atoms with Crippen LogP contribution < -0.4 is 20.3 Å². The molecule has 1 aliphatic rings. The van der Waals surface area contributed by atoms with Gasteiger partial charge in [0.25, 0.3) is 0 Å². The van der Waals surface area contributed by atoms with Crippen LogP contribution in [0.4, 0.5) is 0 Å². The van der Waals surface area contributed by atoms with E-state index in [1.165, 1.54) is 51.5 Å². The standard InChI is InChI=1S/C16H20N4O7S/c1-15(7-5-4-6-9(15)12(21)22)16(13(17)23,28(18,24)25)14-19-10(26-2)8-11(20-14)27-3/h4-9H,1-3H3,(H2,17,23)(H,21,22)(H2,18,24,25). The number of aromatic nitrogens is 2. The van der Waals surface area contributed by atoms with Gasteiger partial charge in [0.2, 0.25) is 32.4 Å². The van der Waals surface area contributed by atoms with Crippen molar-refractivity contribution in [3.63, 3.8) is 0 Å². The molecule has 11 nitrogen and oxygen atoms in total. The number of allylic oxidation sites excluding steroid dienone is 3. The quantitative estimate of drug-likeness (QED) is 0.520. The van der Waals surface area contributed by atoms with Crippen molar-refractivity contribution in [1.29, 1.82) is 0 Å². The number of amides is 1. The number of carboxylic acid groups (broad SMARTS) is 1. The number of nitrogens with zero attached hydrogens (tertiary/aromatic N) is 2. The molecular weight excluding hydrogens is 392 g/mol. The summed E-state index contributed by atoms with van der Waals surface area (Å²) < 4.78 is 32.8. The Bertz CT molecular complexity index is 953. The van der Waals surface area contributed by atoms with Gasteiger partial charge >= 0.3 is 5.97 Å². The van der Waals surface area contributed by atoms with Crippen LogP contribution in [0.25, 0.3) is 0 Å². The Balaban J connectivity index is 3.03. The lowest BCUT2D eigenvalue weighted by atomic mass is 9.64. The van der Waals surface area contributed by atoms with Gasteiger partial charge in [-0.25, -0.2) is 13.6 Å². The number of carboxylic acids is 1. The van der Waals surface area contributed by atoms with E-state index in [1.807, 2.05) is 0 Å². The van der Waals surface area contributed by atoms with Crippen LogP contribution in [0.2, 0.25) is 0 Å². The molecular formula is C16H20N4O7S. The van der Waals surface area contributed by atoms with Crippen molar-refractivity contribution in [2.75, 3.05) is 14.2 Å². The number of sulfonamides is 1. The molecule has 0 saturated carbocycles. The van der Waals surface area contributed by atoms with Crippen LogP contribution in [0.3, 0.4) is 0 Å². The fourth-order valence-corrected chi connectivity index (χ4v) is 4.80. The number of carbonyl (C=O) groups excluding carboxylic acids is 1. The van der Waals surface area contributed by atoms with Crippen LogP contribution >= 0.6 is 0 Å². The second kappa shape index (κ2) is 7.20. The highest BCUT2D eigenvalue weighted by atomic mass is 32.2. The van der Waals surface area contributed by atoms with E-state index in [2.05, 4.69) is 9.97 Å². The fraction of sp³-hybridized carbons (Fsp3) is 0.375. The average Bonchev–Trinajstić information content (AvgIpc) is 2.60. The number of hydrogen-bond acceptors (Lipinski definition) is 8. The van der Waals surface area contributed by atoms with Gasteiger partial charge in [-0.1, -0.05) is 31.2 Å². The molecule has 2 rings (SSSR count). The third kappa shape index (κ3) is 2.99. The van der Waals surface area contributed by atoms with Gasteiger partial charge in [0.05, 0.1) is 26.2 Å². The summed E-state index contributed by atoms with van der Waals surface area (Å²) in [5.41, 5.74) is 3.57. The van der Waals surface area contributed by atoms with Crippen molar-refractivity contribution in [1.82, 2.24) is 9.97 Å². The van der Waals surface area contributed by atoms with Crippen LogP contribution in [0, 0.1) is 11.3 Å². The van der Waals surface area contributed by atoms with Gasteiger partial charge in [-0.3, -0.25) is 9.59 Å². The molecule has 3 unspecified atom stereocenters. The number of rotatable bonds is 7. The van der Waals surface area contributed by atoms with E-state index < -0.39 is 43.8 Å². The lowest BCUT2D eigenvalue weighted by Gasteiger charge is -2.44. The molecule has 0 radical (unpaired) electrons. The largest absolute Gasteiger partial charge is 0.481 e. The smallest absolute Gasteiger partial charge is 0.311 e. The van der Waals surface area contributed by atoms with E-state index in [4.69, 9.17) is 20.3 Å². The Hall–Kier alpha value is -2.99. The summed E-state index contributed by atoms with van der Waals surface area (Å²) in [5, 5.41) is 15.1. The van der Waals surface area contributed by atoms with Crippen LogP contribution in [0.5, 0.6) is 11.8 Å². The zero-order valence-electron chi connectivity index (χ0n) is 15.3. The molecule has 1 aliphatic carbocycles. The van der Waals surface area contributed by atoms with Crippen LogP contribution in [-0.2, 0) is 24.4 Å². The van der Waals surface area contributed by atoms with Crippen molar-refractivity contribution < 1.29 is 32.6 Å². The van der Waals surface area contributed by atoms with E-state index in [9.17, 15) is 23.1 Å². The first kappa shape index (κ1) is 21.3. The predicted octanol–water partition coefficient (Wildman–Crippen LogP) is -0.704. The van der Waals surface area contributed by atoms with Gasteiger partial charge in [-0.2, -0.15) is 9.97 Å². The van der Waals surface area contributed by atoms with E-state index >= 15 is 0 Å². The third-order valence-electron chi connectivity index (χ3n) is 4.71. The van der Waals surface area contributed by atoms with Crippen molar-refractivity contribution in [2.45, 2.75) is 11.7 Å². The molecule has 0 fully saturated rings. The summed E-state index contributed by atoms with van der Waals surface area (Å²) >= 11 is 0. The number of aliphatic carboxylic acids is 1. The lowest BCUT2D eigenvalue weighted by molar-refractivity contribution is -0.144. The van der Waals surface area contributed by atoms with E-state index in [-0.39, 0.29) is 11.8 Å². The topological polar surface area (TPSA) is 185 Å².